The lowest BCUT2D eigenvalue weighted by atomic mass is 10.0. The summed E-state index contributed by atoms with van der Waals surface area (Å²) in [5.74, 6) is -2.43. The number of nitrogens with one attached hydrogen (secondary N) is 1. The SMILES string of the molecule is CCC(C)(C)NC(=O)CN(C(=O)c1snc(C(N)=O)c1N)c1cccc(C(F)(F)F)c1. The second-order valence-corrected chi connectivity index (χ2v) is 8.14. The van der Waals surface area contributed by atoms with Crippen LogP contribution in [-0.2, 0) is 11.0 Å². The number of aromatic nitrogens is 1. The van der Waals surface area contributed by atoms with E-state index in [1.165, 1.54) is 6.07 Å². The molecule has 0 radical (unpaired) electrons. The van der Waals surface area contributed by atoms with Crippen molar-refractivity contribution in [2.45, 2.75) is 38.9 Å². The van der Waals surface area contributed by atoms with Crippen LogP contribution < -0.4 is 21.7 Å². The van der Waals surface area contributed by atoms with Gasteiger partial charge in [0, 0.05) is 11.2 Å². The maximum Gasteiger partial charge on any atom is 0.416 e. The second kappa shape index (κ2) is 8.92. The van der Waals surface area contributed by atoms with Gasteiger partial charge >= 0.3 is 6.18 Å². The maximum absolute atomic E-state index is 13.2. The Hall–Kier alpha value is -3.15. The molecule has 0 fully saturated rings. The van der Waals surface area contributed by atoms with Crippen molar-refractivity contribution in [3.8, 4) is 0 Å². The van der Waals surface area contributed by atoms with E-state index in [4.69, 9.17) is 11.5 Å². The first-order valence-corrected chi connectivity index (χ1v) is 9.89. The zero-order valence-electron chi connectivity index (χ0n) is 17.0. The minimum absolute atomic E-state index is 0.169. The molecule has 168 valence electrons. The van der Waals surface area contributed by atoms with Crippen LogP contribution in [-0.4, -0.2) is 34.2 Å². The zero-order valence-corrected chi connectivity index (χ0v) is 17.9. The van der Waals surface area contributed by atoms with Crippen molar-refractivity contribution in [3.05, 3.63) is 40.4 Å². The Labute approximate surface area is 180 Å². The van der Waals surface area contributed by atoms with Crippen molar-refractivity contribution < 1.29 is 27.6 Å². The van der Waals surface area contributed by atoms with Crippen LogP contribution in [0.25, 0.3) is 0 Å². The molecular weight excluding hydrogens is 435 g/mol. The summed E-state index contributed by atoms with van der Waals surface area (Å²) in [6, 6.07) is 3.98. The highest BCUT2D eigenvalue weighted by molar-refractivity contribution is 7.09. The summed E-state index contributed by atoms with van der Waals surface area (Å²) in [5, 5.41) is 2.72. The van der Waals surface area contributed by atoms with Crippen LogP contribution >= 0.6 is 11.5 Å². The molecule has 0 aliphatic heterocycles. The fourth-order valence-corrected chi connectivity index (χ4v) is 3.29. The zero-order chi connectivity index (χ0) is 23.6. The Balaban J connectivity index is 2.49. The van der Waals surface area contributed by atoms with Crippen molar-refractivity contribution in [3.63, 3.8) is 0 Å². The summed E-state index contributed by atoms with van der Waals surface area (Å²) in [4.78, 5) is 37.7. The topological polar surface area (TPSA) is 131 Å². The number of nitrogens with zero attached hydrogens (tertiary/aromatic N) is 2. The molecule has 2 aromatic rings. The lowest BCUT2D eigenvalue weighted by Crippen LogP contribution is -2.48. The smallest absolute Gasteiger partial charge is 0.395 e. The summed E-state index contributed by atoms with van der Waals surface area (Å²) in [7, 11) is 0. The highest BCUT2D eigenvalue weighted by atomic mass is 32.1. The van der Waals surface area contributed by atoms with Gasteiger partial charge in [-0.2, -0.15) is 17.5 Å². The highest BCUT2D eigenvalue weighted by Gasteiger charge is 2.33. The van der Waals surface area contributed by atoms with E-state index in [0.717, 1.165) is 23.1 Å². The van der Waals surface area contributed by atoms with Crippen LogP contribution in [0.15, 0.2) is 24.3 Å². The predicted octanol–water partition coefficient (Wildman–Crippen LogP) is 2.79. The third kappa shape index (κ3) is 5.72. The lowest BCUT2D eigenvalue weighted by molar-refractivity contribution is -0.137. The summed E-state index contributed by atoms with van der Waals surface area (Å²) >= 11 is 0.569. The van der Waals surface area contributed by atoms with Gasteiger partial charge in [-0.1, -0.05) is 13.0 Å². The number of benzene rings is 1. The highest BCUT2D eigenvalue weighted by Crippen LogP contribution is 2.33. The van der Waals surface area contributed by atoms with Gasteiger partial charge in [0.1, 0.15) is 11.4 Å². The molecule has 0 aliphatic carbocycles. The minimum atomic E-state index is -4.65. The van der Waals surface area contributed by atoms with Crippen molar-refractivity contribution in [2.24, 2.45) is 5.73 Å². The Bertz CT molecular complexity index is 1000. The summed E-state index contributed by atoms with van der Waals surface area (Å²) < 4.78 is 43.3. The number of carbonyl (C=O) groups is 3. The van der Waals surface area contributed by atoms with Crippen molar-refractivity contribution >= 4 is 40.6 Å². The minimum Gasteiger partial charge on any atom is -0.395 e. The molecule has 1 aromatic carbocycles. The second-order valence-electron chi connectivity index (χ2n) is 7.36. The molecule has 0 unspecified atom stereocenters. The van der Waals surface area contributed by atoms with Crippen LogP contribution in [0.1, 0.15) is 52.9 Å². The number of amides is 3. The first kappa shape index (κ1) is 24.1. The Morgan fingerprint density at radius 1 is 1.23 bits per heavy atom. The van der Waals surface area contributed by atoms with Gasteiger partial charge in [0.25, 0.3) is 11.8 Å². The first-order chi connectivity index (χ1) is 14.3. The van der Waals surface area contributed by atoms with Gasteiger partial charge in [0.15, 0.2) is 5.69 Å². The third-order valence-corrected chi connectivity index (χ3v) is 5.40. The van der Waals surface area contributed by atoms with Crippen molar-refractivity contribution in [2.75, 3.05) is 17.2 Å². The number of nitrogens with two attached hydrogens (primary N) is 2. The molecule has 0 spiro atoms. The molecule has 0 saturated carbocycles. The van der Waals surface area contributed by atoms with E-state index in [-0.39, 0.29) is 21.9 Å². The molecule has 8 nitrogen and oxygen atoms in total. The molecule has 1 heterocycles. The largest absolute Gasteiger partial charge is 0.416 e. The van der Waals surface area contributed by atoms with E-state index < -0.39 is 41.5 Å². The Morgan fingerprint density at radius 3 is 2.39 bits per heavy atom. The van der Waals surface area contributed by atoms with Crippen LogP contribution in [0.3, 0.4) is 0 Å². The number of nitrogen functional groups attached to an aromatic ring is 1. The van der Waals surface area contributed by atoms with Gasteiger partial charge in [-0.25, -0.2) is 0 Å². The normalized spacial score (nSPS) is 11.8. The summed E-state index contributed by atoms with van der Waals surface area (Å²) in [5.41, 5.74) is 8.57. The third-order valence-electron chi connectivity index (χ3n) is 4.55. The summed E-state index contributed by atoms with van der Waals surface area (Å²) in [6.45, 7) is 4.80. The van der Waals surface area contributed by atoms with Gasteiger partial charge in [0.05, 0.1) is 11.3 Å². The number of hydrogen-bond acceptors (Lipinski definition) is 6. The van der Waals surface area contributed by atoms with E-state index in [1.807, 2.05) is 6.92 Å². The molecule has 12 heteroatoms. The first-order valence-electron chi connectivity index (χ1n) is 9.12. The van der Waals surface area contributed by atoms with Gasteiger partial charge in [-0.05, 0) is 50.0 Å². The molecule has 0 saturated heterocycles. The molecule has 0 aliphatic rings. The van der Waals surface area contributed by atoms with Crippen LogP contribution in [0.2, 0.25) is 0 Å². The van der Waals surface area contributed by atoms with Crippen LogP contribution in [0, 0.1) is 0 Å². The van der Waals surface area contributed by atoms with Crippen LogP contribution in [0.4, 0.5) is 24.5 Å². The molecule has 3 amide bonds. The standard InChI is InChI=1S/C19H22F3N5O3S/c1-4-18(2,3)25-12(28)9-27(11-7-5-6-10(8-11)19(20,21)22)17(30)15-13(23)14(16(24)29)26-31-15/h5-8H,4,9,23H2,1-3H3,(H2,24,29)(H,25,28). The fraction of sp³-hybridized carbons (Fsp3) is 0.368. The Morgan fingerprint density at radius 2 is 1.87 bits per heavy atom. The quantitative estimate of drug-likeness (QED) is 0.588. The molecule has 0 bridgehead atoms. The number of anilines is 2. The number of primary amides is 1. The van der Waals surface area contributed by atoms with Crippen LogP contribution in [0.5, 0.6) is 0 Å². The number of rotatable bonds is 7. The van der Waals surface area contributed by atoms with Gasteiger partial charge < -0.3 is 16.8 Å². The number of halogens is 3. The molecule has 2 rings (SSSR count). The molecule has 0 atom stereocenters. The van der Waals surface area contributed by atoms with Gasteiger partial charge in [0.2, 0.25) is 5.91 Å². The molecular formula is C19H22F3N5O3S. The van der Waals surface area contributed by atoms with E-state index in [0.29, 0.717) is 18.0 Å². The fourth-order valence-electron chi connectivity index (χ4n) is 2.53. The maximum atomic E-state index is 13.2. The van der Waals surface area contributed by atoms with E-state index >= 15 is 0 Å². The molecule has 31 heavy (non-hydrogen) atoms. The molecule has 1 aromatic heterocycles. The average molecular weight is 457 g/mol. The predicted molar refractivity (Wildman–Crippen MR) is 111 cm³/mol. The average Bonchev–Trinajstić information content (AvgIpc) is 3.06. The van der Waals surface area contributed by atoms with Gasteiger partial charge in [-0.15, -0.1) is 0 Å². The Kier molecular flexibility index (Phi) is 6.94. The number of carbonyl (C=O) groups excluding carboxylic acids is 3. The number of hydrogen-bond donors (Lipinski definition) is 3. The van der Waals surface area contributed by atoms with E-state index in [2.05, 4.69) is 9.69 Å². The van der Waals surface area contributed by atoms with Gasteiger partial charge in [-0.3, -0.25) is 19.3 Å². The number of alkyl halides is 3. The monoisotopic (exact) mass is 457 g/mol. The van der Waals surface area contributed by atoms with Crippen molar-refractivity contribution in [1.82, 2.24) is 9.69 Å². The van der Waals surface area contributed by atoms with E-state index in [9.17, 15) is 27.6 Å². The van der Waals surface area contributed by atoms with E-state index in [1.54, 1.807) is 13.8 Å². The lowest BCUT2D eigenvalue weighted by Gasteiger charge is -2.28. The summed E-state index contributed by atoms with van der Waals surface area (Å²) in [6.07, 6.45) is -4.07. The molecule has 5 N–H and O–H groups in total. The van der Waals surface area contributed by atoms with Crippen molar-refractivity contribution in [1.29, 1.82) is 0 Å².